The number of rotatable bonds is 9. The summed E-state index contributed by atoms with van der Waals surface area (Å²) in [5.74, 6) is -2.01. The smallest absolute Gasteiger partial charge is 0.333 e. The van der Waals surface area contributed by atoms with Crippen molar-refractivity contribution in [1.29, 1.82) is 5.26 Å². The number of halogens is 1. The standard InChI is InChI=1S/C31H32IN5O7S/c1-31(2)24-15-20(19-36(27(38)17-32)12-6-14-45(42,43)44)9-10-25(24)37-13-11-21(16-26(31)37)22(18-33)7-5-8-23-28(39)34(3)30(41)35(4)29(23)40/h5,7-11,13,15-16H,6,12,14,17,19H2,1-4H3,(H,42,43,44)/b7-5+,22-21-. The molecule has 1 N–H and O–H groups in total. The summed E-state index contributed by atoms with van der Waals surface area (Å²) in [4.78, 5) is 54.8. The number of benzene rings is 1. The largest absolute Gasteiger partial charge is 0.338 e. The summed E-state index contributed by atoms with van der Waals surface area (Å²) in [5.41, 5.74) is 3.98. The Hall–Kier alpha value is -4.07. The molecule has 45 heavy (non-hydrogen) atoms. The normalized spacial score (nSPS) is 18.6. The molecule has 1 aromatic rings. The molecular formula is C31H32IN5O7S. The minimum absolute atomic E-state index is 0.116. The van der Waals surface area contributed by atoms with Crippen molar-refractivity contribution in [3.05, 3.63) is 88.3 Å². The number of imide groups is 2. The fourth-order valence-electron chi connectivity index (χ4n) is 5.36. The van der Waals surface area contributed by atoms with E-state index in [9.17, 15) is 32.9 Å². The highest BCUT2D eigenvalue weighted by Gasteiger charge is 2.41. The Balaban J connectivity index is 1.60. The lowest BCUT2D eigenvalue weighted by atomic mass is 9.82. The van der Waals surface area contributed by atoms with Crippen LogP contribution in [0, 0.1) is 11.3 Å². The third-order valence-electron chi connectivity index (χ3n) is 7.86. The van der Waals surface area contributed by atoms with E-state index < -0.39 is 39.1 Å². The second-order valence-corrected chi connectivity index (χ2v) is 13.5. The third-order valence-corrected chi connectivity index (χ3v) is 9.32. The van der Waals surface area contributed by atoms with Crippen LogP contribution < -0.4 is 4.90 Å². The Morgan fingerprint density at radius 3 is 2.42 bits per heavy atom. The highest BCUT2D eigenvalue weighted by Crippen LogP contribution is 2.50. The van der Waals surface area contributed by atoms with Gasteiger partial charge in [-0.05, 0) is 53.5 Å². The van der Waals surface area contributed by atoms with Crippen LogP contribution in [-0.2, 0) is 36.5 Å². The number of amides is 5. The molecule has 1 saturated heterocycles. The van der Waals surface area contributed by atoms with Gasteiger partial charge in [0.15, 0.2) is 0 Å². The summed E-state index contributed by atoms with van der Waals surface area (Å²) in [5, 5.41) is 9.94. The highest BCUT2D eigenvalue weighted by atomic mass is 127. The van der Waals surface area contributed by atoms with Crippen molar-refractivity contribution in [3.63, 3.8) is 0 Å². The summed E-state index contributed by atoms with van der Waals surface area (Å²) in [6.45, 7) is 4.57. The van der Waals surface area contributed by atoms with Crippen molar-refractivity contribution in [3.8, 4) is 6.07 Å². The Morgan fingerprint density at radius 1 is 1.16 bits per heavy atom. The van der Waals surface area contributed by atoms with Gasteiger partial charge < -0.3 is 9.80 Å². The fraction of sp³-hybridized carbons (Fsp3) is 0.323. The second kappa shape index (κ2) is 13.1. The summed E-state index contributed by atoms with van der Waals surface area (Å²) >= 11 is 1.97. The molecule has 5 amide bonds. The van der Waals surface area contributed by atoms with E-state index in [0.717, 1.165) is 32.3 Å². The molecule has 14 heteroatoms. The number of nitrogens with zero attached hydrogens (tertiary/aromatic N) is 5. The predicted molar refractivity (Wildman–Crippen MR) is 175 cm³/mol. The van der Waals surface area contributed by atoms with Gasteiger partial charge in [-0.25, -0.2) is 4.79 Å². The molecule has 0 spiro atoms. The van der Waals surface area contributed by atoms with Gasteiger partial charge in [0, 0.05) is 50.2 Å². The van der Waals surface area contributed by atoms with Gasteiger partial charge in [0.2, 0.25) is 5.91 Å². The van der Waals surface area contributed by atoms with Crippen LogP contribution in [0.2, 0.25) is 0 Å². The first-order chi connectivity index (χ1) is 21.1. The molecule has 1 aromatic carbocycles. The highest BCUT2D eigenvalue weighted by molar-refractivity contribution is 14.1. The minimum atomic E-state index is -4.12. The number of fused-ring (bicyclic) bond motifs is 3. The Labute approximate surface area is 275 Å². The van der Waals surface area contributed by atoms with Crippen molar-refractivity contribution >= 4 is 62.1 Å². The van der Waals surface area contributed by atoms with Gasteiger partial charge in [0.05, 0.1) is 21.8 Å². The molecular weight excluding hydrogens is 713 g/mol. The summed E-state index contributed by atoms with van der Waals surface area (Å²) in [6, 6.07) is 7.36. The summed E-state index contributed by atoms with van der Waals surface area (Å²) in [7, 11) is -1.55. The van der Waals surface area contributed by atoms with Crippen LogP contribution in [0.5, 0.6) is 0 Å². The number of hydrogen-bond donors (Lipinski definition) is 1. The lowest BCUT2D eigenvalue weighted by Crippen LogP contribution is -2.52. The van der Waals surface area contributed by atoms with Crippen LogP contribution in [0.4, 0.5) is 10.5 Å². The average Bonchev–Trinajstić information content (AvgIpc) is 3.22. The maximum atomic E-state index is 12.6. The number of hydrogen-bond acceptors (Lipinski definition) is 8. The molecule has 0 aliphatic carbocycles. The van der Waals surface area contributed by atoms with Crippen LogP contribution in [-0.4, -0.2) is 82.2 Å². The maximum absolute atomic E-state index is 12.6. The van der Waals surface area contributed by atoms with Gasteiger partial charge in [-0.15, -0.1) is 0 Å². The first-order valence-electron chi connectivity index (χ1n) is 13.9. The molecule has 3 aliphatic rings. The number of carbonyl (C=O) groups is 4. The van der Waals surface area contributed by atoms with E-state index in [4.69, 9.17) is 4.55 Å². The zero-order valence-electron chi connectivity index (χ0n) is 25.2. The van der Waals surface area contributed by atoms with E-state index in [2.05, 4.69) is 19.9 Å². The zero-order valence-corrected chi connectivity index (χ0v) is 28.1. The molecule has 0 bridgehead atoms. The number of likely N-dealkylation sites (N-methyl/N-ethyl adjacent to an activating group) is 2. The van der Waals surface area contributed by atoms with Gasteiger partial charge in [-0.1, -0.05) is 54.6 Å². The first kappa shape index (κ1) is 33.8. The molecule has 3 aliphatic heterocycles. The van der Waals surface area contributed by atoms with Crippen LogP contribution in [0.3, 0.4) is 0 Å². The minimum Gasteiger partial charge on any atom is -0.338 e. The number of alkyl halides is 1. The van der Waals surface area contributed by atoms with Crippen molar-refractivity contribution in [2.24, 2.45) is 0 Å². The molecule has 0 saturated carbocycles. The number of allylic oxidation sites excluding steroid dienone is 8. The number of anilines is 1. The first-order valence-corrected chi connectivity index (χ1v) is 17.0. The van der Waals surface area contributed by atoms with Gasteiger partial charge >= 0.3 is 6.03 Å². The lowest BCUT2D eigenvalue weighted by Gasteiger charge is -2.28. The monoisotopic (exact) mass is 745 g/mol. The van der Waals surface area contributed by atoms with Gasteiger partial charge in [0.25, 0.3) is 21.9 Å². The molecule has 0 radical (unpaired) electrons. The van der Waals surface area contributed by atoms with Crippen LogP contribution >= 0.6 is 22.6 Å². The van der Waals surface area contributed by atoms with E-state index >= 15 is 0 Å². The molecule has 0 unspecified atom stereocenters. The van der Waals surface area contributed by atoms with Crippen LogP contribution in [0.25, 0.3) is 0 Å². The zero-order chi connectivity index (χ0) is 33.3. The number of nitriles is 1. The Bertz CT molecular complexity index is 1760. The molecule has 12 nitrogen and oxygen atoms in total. The second-order valence-electron chi connectivity index (χ2n) is 11.2. The Kier molecular flexibility index (Phi) is 9.85. The third kappa shape index (κ3) is 6.95. The Morgan fingerprint density at radius 2 is 1.82 bits per heavy atom. The lowest BCUT2D eigenvalue weighted by molar-refractivity contribution is -0.134. The van der Waals surface area contributed by atoms with E-state index in [1.165, 1.54) is 32.3 Å². The van der Waals surface area contributed by atoms with Crippen LogP contribution in [0.1, 0.15) is 31.4 Å². The van der Waals surface area contributed by atoms with Crippen LogP contribution in [0.15, 0.2) is 77.2 Å². The number of barbiturate groups is 1. The van der Waals surface area contributed by atoms with E-state index in [1.807, 2.05) is 58.0 Å². The average molecular weight is 746 g/mol. The van der Waals surface area contributed by atoms with Crippen molar-refractivity contribution in [1.82, 2.24) is 14.7 Å². The van der Waals surface area contributed by atoms with Gasteiger partial charge in [-0.2, -0.15) is 13.7 Å². The van der Waals surface area contributed by atoms with E-state index in [0.29, 0.717) is 11.1 Å². The topological polar surface area (TPSA) is 159 Å². The number of urea groups is 1. The number of carbonyl (C=O) groups excluding carboxylic acids is 4. The van der Waals surface area contributed by atoms with Crippen molar-refractivity contribution in [2.75, 3.05) is 35.7 Å². The van der Waals surface area contributed by atoms with Gasteiger partial charge in [0.1, 0.15) is 5.57 Å². The quantitative estimate of drug-likeness (QED) is 0.0996. The van der Waals surface area contributed by atoms with Gasteiger partial charge in [-0.3, -0.25) is 28.7 Å². The molecule has 236 valence electrons. The molecule has 1 fully saturated rings. The predicted octanol–water partition coefficient (Wildman–Crippen LogP) is 3.59. The van der Waals surface area contributed by atoms with E-state index in [-0.39, 0.29) is 35.4 Å². The van der Waals surface area contributed by atoms with Crippen molar-refractivity contribution < 1.29 is 32.1 Å². The SMILES string of the molecule is CN1C(=O)C(=C/C=C/C(C#N)=C2\C=CN3C(=C2)C(C)(C)c2cc(CN(CCCS(=O)(=O)O)C(=O)CI)ccc23)C(=O)N(C)C1=O. The fourth-order valence-corrected chi connectivity index (χ4v) is 6.33. The molecule has 3 heterocycles. The van der Waals surface area contributed by atoms with E-state index in [1.54, 1.807) is 11.0 Å². The molecule has 4 rings (SSSR count). The molecule has 0 aromatic heterocycles. The summed E-state index contributed by atoms with van der Waals surface area (Å²) in [6.07, 6.45) is 9.92. The maximum Gasteiger partial charge on any atom is 0.333 e. The van der Waals surface area contributed by atoms with Crippen molar-refractivity contribution in [2.45, 2.75) is 32.2 Å². The summed E-state index contributed by atoms with van der Waals surface area (Å²) < 4.78 is 31.6. The molecule has 0 atom stereocenters.